The van der Waals surface area contributed by atoms with Gasteiger partial charge in [-0.25, -0.2) is 9.97 Å². The molecule has 7 heteroatoms. The van der Waals surface area contributed by atoms with E-state index >= 15 is 0 Å². The molecule has 3 rings (SSSR count). The summed E-state index contributed by atoms with van der Waals surface area (Å²) in [4.78, 5) is 12.8. The van der Waals surface area contributed by atoms with Crippen LogP contribution in [0, 0.1) is 6.92 Å². The Labute approximate surface area is 138 Å². The van der Waals surface area contributed by atoms with Gasteiger partial charge in [-0.1, -0.05) is 18.2 Å². The van der Waals surface area contributed by atoms with Crippen molar-refractivity contribution in [3.05, 3.63) is 53.3 Å². The van der Waals surface area contributed by atoms with Gasteiger partial charge in [0, 0.05) is 44.6 Å². The Kier molecular flexibility index (Phi) is 4.71. The Morgan fingerprint density at radius 2 is 1.75 bits per heavy atom. The molecule has 0 saturated carbocycles. The van der Waals surface area contributed by atoms with E-state index in [9.17, 15) is 13.2 Å². The van der Waals surface area contributed by atoms with Gasteiger partial charge in [0.1, 0.15) is 0 Å². The highest BCUT2D eigenvalue weighted by Crippen LogP contribution is 2.32. The fraction of sp³-hybridized carbons (Fsp3) is 0.412. The van der Waals surface area contributed by atoms with Crippen LogP contribution in [-0.4, -0.2) is 41.0 Å². The Morgan fingerprint density at radius 3 is 2.42 bits per heavy atom. The normalized spacial score (nSPS) is 16.4. The summed E-state index contributed by atoms with van der Waals surface area (Å²) in [6.07, 6.45) is -2.59. The first kappa shape index (κ1) is 16.7. The van der Waals surface area contributed by atoms with Crippen LogP contribution >= 0.6 is 0 Å². The fourth-order valence-corrected chi connectivity index (χ4v) is 2.87. The van der Waals surface area contributed by atoms with Crippen molar-refractivity contribution >= 4 is 5.95 Å². The van der Waals surface area contributed by atoms with E-state index in [0.717, 1.165) is 11.8 Å². The monoisotopic (exact) mass is 336 g/mol. The van der Waals surface area contributed by atoms with Crippen LogP contribution in [0.1, 0.15) is 16.8 Å². The summed E-state index contributed by atoms with van der Waals surface area (Å²) >= 11 is 0. The van der Waals surface area contributed by atoms with Crippen molar-refractivity contribution in [2.24, 2.45) is 0 Å². The lowest BCUT2D eigenvalue weighted by Gasteiger charge is -2.35. The van der Waals surface area contributed by atoms with Gasteiger partial charge < -0.3 is 4.90 Å². The van der Waals surface area contributed by atoms with Crippen LogP contribution in [-0.2, 0) is 12.7 Å². The van der Waals surface area contributed by atoms with E-state index in [2.05, 4.69) is 14.9 Å². The second-order valence-electron chi connectivity index (χ2n) is 5.92. The van der Waals surface area contributed by atoms with E-state index in [4.69, 9.17) is 0 Å². The molecular formula is C17H19F3N4. The van der Waals surface area contributed by atoms with Crippen LogP contribution in [0.4, 0.5) is 19.1 Å². The number of piperazine rings is 1. The minimum Gasteiger partial charge on any atom is -0.338 e. The molecule has 1 fully saturated rings. The molecule has 1 aromatic carbocycles. The van der Waals surface area contributed by atoms with Crippen LogP contribution in [0.5, 0.6) is 0 Å². The average Bonchev–Trinajstić information content (AvgIpc) is 2.55. The molecule has 0 spiro atoms. The molecular weight excluding hydrogens is 317 g/mol. The predicted octanol–water partition coefficient (Wildman–Crippen LogP) is 3.13. The molecule has 0 atom stereocenters. The lowest BCUT2D eigenvalue weighted by atomic mass is 10.1. The zero-order valence-corrected chi connectivity index (χ0v) is 13.4. The molecule has 1 aliphatic heterocycles. The minimum atomic E-state index is -4.31. The first-order valence-corrected chi connectivity index (χ1v) is 7.85. The number of benzene rings is 1. The highest BCUT2D eigenvalue weighted by Gasteiger charge is 2.33. The number of rotatable bonds is 3. The number of halogens is 3. The number of aromatic nitrogens is 2. The standard InChI is InChI=1S/C17H19F3N4/c1-13-6-7-21-16(22-13)24-10-8-23(9-11-24)12-14-4-2-3-5-15(14)17(18,19)20/h2-7H,8-12H2,1H3. The molecule has 4 nitrogen and oxygen atoms in total. The third kappa shape index (κ3) is 3.84. The van der Waals surface area contributed by atoms with Gasteiger partial charge in [-0.3, -0.25) is 4.90 Å². The molecule has 0 unspecified atom stereocenters. The van der Waals surface area contributed by atoms with E-state index in [0.29, 0.717) is 44.2 Å². The molecule has 1 aromatic heterocycles. The summed E-state index contributed by atoms with van der Waals surface area (Å²) in [5.74, 6) is 0.686. The molecule has 2 aromatic rings. The zero-order chi connectivity index (χ0) is 17.2. The first-order valence-electron chi connectivity index (χ1n) is 7.85. The van der Waals surface area contributed by atoms with E-state index in [-0.39, 0.29) is 0 Å². The van der Waals surface area contributed by atoms with Crippen molar-refractivity contribution < 1.29 is 13.2 Å². The van der Waals surface area contributed by atoms with E-state index < -0.39 is 11.7 Å². The Balaban J connectivity index is 1.64. The van der Waals surface area contributed by atoms with Gasteiger partial charge in [0.15, 0.2) is 0 Å². The lowest BCUT2D eigenvalue weighted by molar-refractivity contribution is -0.138. The second-order valence-corrected chi connectivity index (χ2v) is 5.92. The van der Waals surface area contributed by atoms with E-state index in [1.54, 1.807) is 18.3 Å². The van der Waals surface area contributed by atoms with Gasteiger partial charge in [0.25, 0.3) is 0 Å². The van der Waals surface area contributed by atoms with Crippen molar-refractivity contribution in [1.82, 2.24) is 14.9 Å². The van der Waals surface area contributed by atoms with Gasteiger partial charge in [-0.15, -0.1) is 0 Å². The summed E-state index contributed by atoms with van der Waals surface area (Å²) < 4.78 is 39.2. The summed E-state index contributed by atoms with van der Waals surface area (Å²) in [5, 5.41) is 0. The maximum atomic E-state index is 13.1. The number of anilines is 1. The Bertz CT molecular complexity index is 694. The summed E-state index contributed by atoms with van der Waals surface area (Å²) in [6, 6.07) is 7.62. The van der Waals surface area contributed by atoms with Crippen molar-refractivity contribution in [2.75, 3.05) is 31.1 Å². The minimum absolute atomic E-state index is 0.304. The highest BCUT2D eigenvalue weighted by atomic mass is 19.4. The second kappa shape index (κ2) is 6.76. The number of hydrogen-bond donors (Lipinski definition) is 0. The Morgan fingerprint density at radius 1 is 1.04 bits per heavy atom. The molecule has 0 amide bonds. The SMILES string of the molecule is Cc1ccnc(N2CCN(Cc3ccccc3C(F)(F)F)CC2)n1. The van der Waals surface area contributed by atoms with Crippen molar-refractivity contribution in [2.45, 2.75) is 19.6 Å². The molecule has 128 valence electrons. The third-order valence-electron chi connectivity index (χ3n) is 4.15. The van der Waals surface area contributed by atoms with Gasteiger partial charge in [-0.2, -0.15) is 13.2 Å². The number of hydrogen-bond acceptors (Lipinski definition) is 4. The zero-order valence-electron chi connectivity index (χ0n) is 13.4. The van der Waals surface area contributed by atoms with Crippen molar-refractivity contribution in [3.8, 4) is 0 Å². The van der Waals surface area contributed by atoms with Gasteiger partial charge >= 0.3 is 6.18 Å². The molecule has 0 bridgehead atoms. The van der Waals surface area contributed by atoms with E-state index in [1.807, 2.05) is 17.9 Å². The number of nitrogens with zero attached hydrogens (tertiary/aromatic N) is 4. The van der Waals surface area contributed by atoms with Crippen LogP contribution < -0.4 is 4.90 Å². The molecule has 0 radical (unpaired) electrons. The summed E-state index contributed by atoms with van der Waals surface area (Å²) in [6.45, 7) is 5.00. The van der Waals surface area contributed by atoms with Crippen LogP contribution in [0.25, 0.3) is 0 Å². The molecule has 24 heavy (non-hydrogen) atoms. The molecule has 0 N–H and O–H groups in total. The fourth-order valence-electron chi connectivity index (χ4n) is 2.87. The van der Waals surface area contributed by atoms with Crippen molar-refractivity contribution in [3.63, 3.8) is 0 Å². The molecule has 1 saturated heterocycles. The number of aryl methyl sites for hydroxylation is 1. The highest BCUT2D eigenvalue weighted by molar-refractivity contribution is 5.32. The summed E-state index contributed by atoms with van der Waals surface area (Å²) in [5.41, 5.74) is 0.682. The molecule has 2 heterocycles. The smallest absolute Gasteiger partial charge is 0.338 e. The van der Waals surface area contributed by atoms with Crippen LogP contribution in [0.3, 0.4) is 0 Å². The first-order chi connectivity index (χ1) is 11.4. The Hall–Kier alpha value is -2.15. The largest absolute Gasteiger partial charge is 0.416 e. The average molecular weight is 336 g/mol. The van der Waals surface area contributed by atoms with Crippen LogP contribution in [0.15, 0.2) is 36.5 Å². The topological polar surface area (TPSA) is 32.3 Å². The quantitative estimate of drug-likeness (QED) is 0.862. The maximum Gasteiger partial charge on any atom is 0.416 e. The molecule has 1 aliphatic rings. The van der Waals surface area contributed by atoms with Gasteiger partial charge in [0.05, 0.1) is 5.56 Å². The predicted molar refractivity (Wildman–Crippen MR) is 85.7 cm³/mol. The summed E-state index contributed by atoms with van der Waals surface area (Å²) in [7, 11) is 0. The maximum absolute atomic E-state index is 13.1. The lowest BCUT2D eigenvalue weighted by Crippen LogP contribution is -2.46. The number of alkyl halides is 3. The van der Waals surface area contributed by atoms with Gasteiger partial charge in [0.2, 0.25) is 5.95 Å². The third-order valence-corrected chi connectivity index (χ3v) is 4.15. The van der Waals surface area contributed by atoms with Gasteiger partial charge in [-0.05, 0) is 24.6 Å². The van der Waals surface area contributed by atoms with Crippen molar-refractivity contribution in [1.29, 1.82) is 0 Å². The van der Waals surface area contributed by atoms with E-state index in [1.165, 1.54) is 6.07 Å². The van der Waals surface area contributed by atoms with Crippen LogP contribution in [0.2, 0.25) is 0 Å². The molecule has 0 aliphatic carbocycles.